The van der Waals surface area contributed by atoms with Crippen molar-refractivity contribution < 1.29 is 9.47 Å². The summed E-state index contributed by atoms with van der Waals surface area (Å²) in [4.78, 5) is 0. The van der Waals surface area contributed by atoms with E-state index >= 15 is 0 Å². The lowest BCUT2D eigenvalue weighted by atomic mass is 10.1. The van der Waals surface area contributed by atoms with Crippen molar-refractivity contribution >= 4 is 0 Å². The maximum atomic E-state index is 5.49. The molecule has 0 saturated carbocycles. The van der Waals surface area contributed by atoms with Crippen LogP contribution in [0.5, 0.6) is 11.5 Å². The number of hydrogen-bond acceptors (Lipinski definition) is 3. The third kappa shape index (κ3) is 4.27. The Hall–Kier alpha value is -1.22. The van der Waals surface area contributed by atoms with E-state index in [-0.39, 0.29) is 0 Å². The van der Waals surface area contributed by atoms with Crippen molar-refractivity contribution in [2.75, 3.05) is 20.8 Å². The molecular formula is C14H23NO2. The fraction of sp³-hybridized carbons (Fsp3) is 0.571. The van der Waals surface area contributed by atoms with Gasteiger partial charge in [0.2, 0.25) is 0 Å². The molecule has 0 aromatic heterocycles. The summed E-state index contributed by atoms with van der Waals surface area (Å²) >= 11 is 0. The van der Waals surface area contributed by atoms with E-state index in [1.807, 2.05) is 20.0 Å². The minimum Gasteiger partial charge on any atom is -0.493 e. The quantitative estimate of drug-likeness (QED) is 0.791. The van der Waals surface area contributed by atoms with Crippen LogP contribution in [0.2, 0.25) is 0 Å². The van der Waals surface area contributed by atoms with Gasteiger partial charge >= 0.3 is 0 Å². The molecule has 17 heavy (non-hydrogen) atoms. The highest BCUT2D eigenvalue weighted by molar-refractivity contribution is 5.43. The smallest absolute Gasteiger partial charge is 0.161 e. The molecule has 3 heteroatoms. The lowest BCUT2D eigenvalue weighted by molar-refractivity contribution is 0.310. The summed E-state index contributed by atoms with van der Waals surface area (Å²) in [6, 6.07) is 6.69. The number of methoxy groups -OCH3 is 1. The minimum absolute atomic E-state index is 0.535. The zero-order valence-electron chi connectivity index (χ0n) is 11.2. The second-order valence-corrected chi connectivity index (χ2v) is 4.15. The van der Waals surface area contributed by atoms with Crippen molar-refractivity contribution in [3.63, 3.8) is 0 Å². The Morgan fingerprint density at radius 1 is 1.29 bits per heavy atom. The molecule has 0 radical (unpaired) electrons. The summed E-state index contributed by atoms with van der Waals surface area (Å²) in [5.74, 6) is 1.64. The maximum absolute atomic E-state index is 5.49. The van der Waals surface area contributed by atoms with Crippen LogP contribution in [0.3, 0.4) is 0 Å². The van der Waals surface area contributed by atoms with E-state index in [0.717, 1.165) is 24.3 Å². The lowest BCUT2D eigenvalue weighted by Gasteiger charge is -2.13. The van der Waals surface area contributed by atoms with Crippen LogP contribution in [0.25, 0.3) is 0 Å². The molecular weight excluding hydrogens is 214 g/mol. The number of aryl methyl sites for hydroxylation is 1. The summed E-state index contributed by atoms with van der Waals surface area (Å²) in [6.45, 7) is 4.82. The summed E-state index contributed by atoms with van der Waals surface area (Å²) in [7, 11) is 3.67. The SMILES string of the molecule is CCOc1ccc(CCC(C)NC)cc1OC. The van der Waals surface area contributed by atoms with Gasteiger partial charge in [0.1, 0.15) is 0 Å². The maximum Gasteiger partial charge on any atom is 0.161 e. The first-order chi connectivity index (χ1) is 8.21. The Morgan fingerprint density at radius 3 is 2.65 bits per heavy atom. The van der Waals surface area contributed by atoms with E-state index < -0.39 is 0 Å². The molecule has 0 heterocycles. The summed E-state index contributed by atoms with van der Waals surface area (Å²) in [6.07, 6.45) is 2.17. The van der Waals surface area contributed by atoms with Gasteiger partial charge in [0.15, 0.2) is 11.5 Å². The molecule has 1 unspecified atom stereocenters. The van der Waals surface area contributed by atoms with Gasteiger partial charge in [-0.1, -0.05) is 6.07 Å². The first-order valence-electron chi connectivity index (χ1n) is 6.18. The molecule has 0 bridgehead atoms. The van der Waals surface area contributed by atoms with Crippen molar-refractivity contribution in [1.82, 2.24) is 5.32 Å². The van der Waals surface area contributed by atoms with Gasteiger partial charge in [-0.15, -0.1) is 0 Å². The Kier molecular flexibility index (Phi) is 5.84. The van der Waals surface area contributed by atoms with Crippen LogP contribution in [-0.4, -0.2) is 26.8 Å². The van der Waals surface area contributed by atoms with E-state index in [9.17, 15) is 0 Å². The Bertz CT molecular complexity index is 339. The second-order valence-electron chi connectivity index (χ2n) is 4.15. The third-order valence-corrected chi connectivity index (χ3v) is 2.89. The molecule has 1 atom stereocenters. The molecule has 0 aliphatic heterocycles. The topological polar surface area (TPSA) is 30.5 Å². The fourth-order valence-electron chi connectivity index (χ4n) is 1.67. The van der Waals surface area contributed by atoms with Crippen LogP contribution < -0.4 is 14.8 Å². The van der Waals surface area contributed by atoms with Gasteiger partial charge in [-0.25, -0.2) is 0 Å². The normalized spacial score (nSPS) is 12.2. The predicted molar refractivity (Wildman–Crippen MR) is 71.0 cm³/mol. The number of ether oxygens (including phenoxy) is 2. The third-order valence-electron chi connectivity index (χ3n) is 2.89. The van der Waals surface area contributed by atoms with Crippen LogP contribution in [0.1, 0.15) is 25.8 Å². The zero-order chi connectivity index (χ0) is 12.7. The number of hydrogen-bond donors (Lipinski definition) is 1. The van der Waals surface area contributed by atoms with Crippen LogP contribution in [-0.2, 0) is 6.42 Å². The average molecular weight is 237 g/mol. The highest BCUT2D eigenvalue weighted by Crippen LogP contribution is 2.28. The largest absolute Gasteiger partial charge is 0.493 e. The molecule has 0 aliphatic carbocycles. The van der Waals surface area contributed by atoms with E-state index in [2.05, 4.69) is 24.4 Å². The van der Waals surface area contributed by atoms with E-state index in [4.69, 9.17) is 9.47 Å². The van der Waals surface area contributed by atoms with Gasteiger partial charge in [-0.2, -0.15) is 0 Å². The van der Waals surface area contributed by atoms with Gasteiger partial charge in [-0.05, 0) is 51.4 Å². The summed E-state index contributed by atoms with van der Waals surface area (Å²) < 4.78 is 10.8. The Morgan fingerprint density at radius 2 is 2.06 bits per heavy atom. The highest BCUT2D eigenvalue weighted by Gasteiger charge is 2.06. The standard InChI is InChI=1S/C14H23NO2/c1-5-17-13-9-8-12(10-14(13)16-4)7-6-11(2)15-3/h8-11,15H,5-7H2,1-4H3. The van der Waals surface area contributed by atoms with Crippen LogP contribution >= 0.6 is 0 Å². The molecule has 1 rings (SSSR count). The molecule has 1 aromatic rings. The fourth-order valence-corrected chi connectivity index (χ4v) is 1.67. The summed E-state index contributed by atoms with van der Waals surface area (Å²) in [5.41, 5.74) is 1.28. The average Bonchev–Trinajstić information content (AvgIpc) is 2.37. The predicted octanol–water partition coefficient (Wildman–Crippen LogP) is 2.63. The van der Waals surface area contributed by atoms with Crippen LogP contribution in [0.15, 0.2) is 18.2 Å². The first kappa shape index (κ1) is 13.8. The van der Waals surface area contributed by atoms with Gasteiger partial charge in [-0.3, -0.25) is 0 Å². The van der Waals surface area contributed by atoms with E-state index in [0.29, 0.717) is 12.6 Å². The molecule has 0 amide bonds. The van der Waals surface area contributed by atoms with Crippen LogP contribution in [0.4, 0.5) is 0 Å². The summed E-state index contributed by atoms with van der Waals surface area (Å²) in [5, 5.41) is 3.24. The van der Waals surface area contributed by atoms with Gasteiger partial charge in [0.05, 0.1) is 13.7 Å². The molecule has 3 nitrogen and oxygen atoms in total. The first-order valence-corrected chi connectivity index (χ1v) is 6.18. The molecule has 0 spiro atoms. The van der Waals surface area contributed by atoms with Gasteiger partial charge in [0.25, 0.3) is 0 Å². The zero-order valence-corrected chi connectivity index (χ0v) is 11.2. The molecule has 0 aliphatic rings. The van der Waals surface area contributed by atoms with Crippen molar-refractivity contribution in [3.05, 3.63) is 23.8 Å². The molecule has 1 aromatic carbocycles. The number of rotatable bonds is 7. The minimum atomic E-state index is 0.535. The highest BCUT2D eigenvalue weighted by atomic mass is 16.5. The van der Waals surface area contributed by atoms with Crippen molar-refractivity contribution in [1.29, 1.82) is 0 Å². The molecule has 96 valence electrons. The van der Waals surface area contributed by atoms with Gasteiger partial charge < -0.3 is 14.8 Å². The van der Waals surface area contributed by atoms with Crippen LogP contribution in [0, 0.1) is 0 Å². The molecule has 0 fully saturated rings. The van der Waals surface area contributed by atoms with Crippen molar-refractivity contribution in [2.45, 2.75) is 32.7 Å². The van der Waals surface area contributed by atoms with Crippen molar-refractivity contribution in [3.8, 4) is 11.5 Å². The Balaban J connectivity index is 2.68. The monoisotopic (exact) mass is 237 g/mol. The number of benzene rings is 1. The Labute approximate surface area is 104 Å². The molecule has 0 saturated heterocycles. The second kappa shape index (κ2) is 7.17. The van der Waals surface area contributed by atoms with E-state index in [1.165, 1.54) is 5.56 Å². The van der Waals surface area contributed by atoms with E-state index in [1.54, 1.807) is 7.11 Å². The van der Waals surface area contributed by atoms with Gasteiger partial charge in [0, 0.05) is 6.04 Å². The number of nitrogens with one attached hydrogen (secondary N) is 1. The lowest BCUT2D eigenvalue weighted by Crippen LogP contribution is -2.21. The van der Waals surface area contributed by atoms with Crippen molar-refractivity contribution in [2.24, 2.45) is 0 Å². The molecule has 1 N–H and O–H groups in total.